The van der Waals surface area contributed by atoms with Crippen LogP contribution in [-0.4, -0.2) is 41.0 Å². The van der Waals surface area contributed by atoms with Crippen LogP contribution in [0, 0.1) is 10.1 Å². The summed E-state index contributed by atoms with van der Waals surface area (Å²) < 4.78 is 0. The fourth-order valence-corrected chi connectivity index (χ4v) is 3.10. The molecule has 24 heavy (non-hydrogen) atoms. The SMILES string of the molecule is O=[N+]([O-])c1ccc(N2CCCN(Cc3ccccc3)CCC2)nc1. The van der Waals surface area contributed by atoms with E-state index in [1.807, 2.05) is 6.07 Å². The molecule has 6 nitrogen and oxygen atoms in total. The number of rotatable bonds is 4. The summed E-state index contributed by atoms with van der Waals surface area (Å²) in [5, 5.41) is 10.7. The number of nitrogens with zero attached hydrogens (tertiary/aromatic N) is 4. The minimum absolute atomic E-state index is 0.0415. The average molecular weight is 326 g/mol. The lowest BCUT2D eigenvalue weighted by Crippen LogP contribution is -2.36. The van der Waals surface area contributed by atoms with Gasteiger partial charge in [-0.25, -0.2) is 4.98 Å². The summed E-state index contributed by atoms with van der Waals surface area (Å²) in [6.45, 7) is 4.96. The first-order chi connectivity index (χ1) is 11.7. The van der Waals surface area contributed by atoms with Crippen molar-refractivity contribution in [1.82, 2.24) is 9.88 Å². The lowest BCUT2D eigenvalue weighted by Gasteiger charge is -2.31. The summed E-state index contributed by atoms with van der Waals surface area (Å²) in [6.07, 6.45) is 3.47. The van der Waals surface area contributed by atoms with Crippen LogP contribution in [0.25, 0.3) is 0 Å². The molecule has 0 saturated carbocycles. The van der Waals surface area contributed by atoms with E-state index >= 15 is 0 Å². The highest BCUT2D eigenvalue weighted by molar-refractivity contribution is 5.42. The Balaban J connectivity index is 1.55. The lowest BCUT2D eigenvalue weighted by molar-refractivity contribution is -0.385. The normalized spacial score (nSPS) is 16.4. The van der Waals surface area contributed by atoms with Crippen LogP contribution < -0.4 is 4.90 Å². The number of hydrogen-bond donors (Lipinski definition) is 0. The van der Waals surface area contributed by atoms with Crippen LogP contribution in [0.5, 0.6) is 0 Å². The molecule has 0 unspecified atom stereocenters. The summed E-state index contributed by atoms with van der Waals surface area (Å²) in [7, 11) is 0. The van der Waals surface area contributed by atoms with Crippen LogP contribution in [0.4, 0.5) is 11.5 Å². The highest BCUT2D eigenvalue weighted by Crippen LogP contribution is 2.18. The molecule has 0 radical (unpaired) electrons. The molecule has 1 aromatic heterocycles. The van der Waals surface area contributed by atoms with Crippen molar-refractivity contribution in [2.24, 2.45) is 0 Å². The van der Waals surface area contributed by atoms with Gasteiger partial charge in [-0.3, -0.25) is 15.0 Å². The zero-order valence-electron chi connectivity index (χ0n) is 13.7. The van der Waals surface area contributed by atoms with Crippen LogP contribution in [0.3, 0.4) is 0 Å². The fourth-order valence-electron chi connectivity index (χ4n) is 3.10. The van der Waals surface area contributed by atoms with Crippen LogP contribution in [-0.2, 0) is 6.54 Å². The molecule has 0 atom stereocenters. The molecule has 0 bridgehead atoms. The van der Waals surface area contributed by atoms with Gasteiger partial charge < -0.3 is 4.90 Å². The van der Waals surface area contributed by atoms with Crippen molar-refractivity contribution in [2.75, 3.05) is 31.1 Å². The van der Waals surface area contributed by atoms with Crippen LogP contribution >= 0.6 is 0 Å². The number of nitro groups is 1. The maximum Gasteiger partial charge on any atom is 0.287 e. The molecule has 126 valence electrons. The predicted molar refractivity (Wildman–Crippen MR) is 94.1 cm³/mol. The standard InChI is InChI=1S/C18H22N4O2/c23-22(24)17-8-9-18(19-14-17)21-12-4-10-20(11-5-13-21)15-16-6-2-1-3-7-16/h1-3,6-9,14H,4-5,10-13,15H2. The topological polar surface area (TPSA) is 62.5 Å². The van der Waals surface area contributed by atoms with E-state index in [-0.39, 0.29) is 5.69 Å². The molecular formula is C18H22N4O2. The van der Waals surface area contributed by atoms with Crippen molar-refractivity contribution in [2.45, 2.75) is 19.4 Å². The Hall–Kier alpha value is -2.47. The average Bonchev–Trinajstić information content (AvgIpc) is 2.58. The molecule has 0 N–H and O–H groups in total. The van der Waals surface area contributed by atoms with Crippen molar-refractivity contribution in [1.29, 1.82) is 0 Å². The minimum Gasteiger partial charge on any atom is -0.357 e. The molecule has 1 aliphatic rings. The molecule has 0 aliphatic carbocycles. The van der Waals surface area contributed by atoms with Gasteiger partial charge in [-0.1, -0.05) is 30.3 Å². The Bertz CT molecular complexity index is 650. The smallest absolute Gasteiger partial charge is 0.287 e. The number of anilines is 1. The van der Waals surface area contributed by atoms with E-state index < -0.39 is 4.92 Å². The van der Waals surface area contributed by atoms with Gasteiger partial charge in [0.1, 0.15) is 12.0 Å². The summed E-state index contributed by atoms with van der Waals surface area (Å²) >= 11 is 0. The van der Waals surface area contributed by atoms with Crippen LogP contribution in [0.1, 0.15) is 18.4 Å². The summed E-state index contributed by atoms with van der Waals surface area (Å²) in [5.74, 6) is 0.831. The molecule has 2 heterocycles. The third-order valence-corrected chi connectivity index (χ3v) is 4.32. The molecule has 0 spiro atoms. The van der Waals surface area contributed by atoms with Gasteiger partial charge in [0, 0.05) is 38.8 Å². The maximum atomic E-state index is 10.7. The van der Waals surface area contributed by atoms with Gasteiger partial charge in [-0.2, -0.15) is 0 Å². The molecule has 1 aromatic carbocycles. The monoisotopic (exact) mass is 326 g/mol. The highest BCUT2D eigenvalue weighted by atomic mass is 16.6. The van der Waals surface area contributed by atoms with Gasteiger partial charge in [-0.15, -0.1) is 0 Å². The quantitative estimate of drug-likeness (QED) is 0.638. The minimum atomic E-state index is -0.411. The predicted octanol–water partition coefficient (Wildman–Crippen LogP) is 3.09. The Morgan fingerprint density at radius 2 is 1.71 bits per heavy atom. The Morgan fingerprint density at radius 3 is 2.29 bits per heavy atom. The zero-order chi connectivity index (χ0) is 16.8. The molecule has 3 rings (SSSR count). The van der Waals surface area contributed by atoms with Crippen molar-refractivity contribution in [3.8, 4) is 0 Å². The molecule has 1 fully saturated rings. The van der Waals surface area contributed by atoms with Crippen molar-refractivity contribution in [3.63, 3.8) is 0 Å². The largest absolute Gasteiger partial charge is 0.357 e. The van der Waals surface area contributed by atoms with E-state index in [1.165, 1.54) is 17.8 Å². The fraction of sp³-hybridized carbons (Fsp3) is 0.389. The summed E-state index contributed by atoms with van der Waals surface area (Å²) in [5.41, 5.74) is 1.40. The van der Waals surface area contributed by atoms with Gasteiger partial charge in [0.2, 0.25) is 0 Å². The van der Waals surface area contributed by atoms with Gasteiger partial charge >= 0.3 is 0 Å². The second-order valence-corrected chi connectivity index (χ2v) is 6.09. The second kappa shape index (κ2) is 7.88. The third-order valence-electron chi connectivity index (χ3n) is 4.32. The van der Waals surface area contributed by atoms with Gasteiger partial charge in [-0.05, 0) is 24.5 Å². The summed E-state index contributed by atoms with van der Waals surface area (Å²) in [6, 6.07) is 13.8. The molecule has 6 heteroatoms. The summed E-state index contributed by atoms with van der Waals surface area (Å²) in [4.78, 5) is 19.3. The molecule has 2 aromatic rings. The maximum absolute atomic E-state index is 10.7. The van der Waals surface area contributed by atoms with E-state index in [1.54, 1.807) is 6.07 Å². The molecule has 1 saturated heterocycles. The van der Waals surface area contributed by atoms with E-state index in [0.717, 1.165) is 51.4 Å². The number of hydrogen-bond acceptors (Lipinski definition) is 5. The van der Waals surface area contributed by atoms with Crippen LogP contribution in [0.2, 0.25) is 0 Å². The van der Waals surface area contributed by atoms with E-state index in [4.69, 9.17) is 0 Å². The van der Waals surface area contributed by atoms with Crippen LogP contribution in [0.15, 0.2) is 48.7 Å². The Labute approximate surface area is 141 Å². The Morgan fingerprint density at radius 1 is 1.00 bits per heavy atom. The zero-order valence-corrected chi connectivity index (χ0v) is 13.7. The first kappa shape index (κ1) is 16.4. The van der Waals surface area contributed by atoms with Gasteiger partial charge in [0.05, 0.1) is 4.92 Å². The van der Waals surface area contributed by atoms with Crippen molar-refractivity contribution >= 4 is 11.5 Å². The molecule has 1 aliphatic heterocycles. The molecular weight excluding hydrogens is 304 g/mol. The number of aromatic nitrogens is 1. The number of benzene rings is 1. The second-order valence-electron chi connectivity index (χ2n) is 6.09. The Kier molecular flexibility index (Phi) is 5.38. The van der Waals surface area contributed by atoms with E-state index in [2.05, 4.69) is 39.0 Å². The van der Waals surface area contributed by atoms with Gasteiger partial charge in [0.25, 0.3) is 5.69 Å². The first-order valence-corrected chi connectivity index (χ1v) is 8.34. The number of pyridine rings is 1. The van der Waals surface area contributed by atoms with Crippen molar-refractivity contribution in [3.05, 3.63) is 64.3 Å². The van der Waals surface area contributed by atoms with Crippen molar-refractivity contribution < 1.29 is 4.92 Å². The highest BCUT2D eigenvalue weighted by Gasteiger charge is 2.15. The van der Waals surface area contributed by atoms with Gasteiger partial charge in [0.15, 0.2) is 0 Å². The first-order valence-electron chi connectivity index (χ1n) is 8.34. The van der Waals surface area contributed by atoms with E-state index in [9.17, 15) is 10.1 Å². The third kappa shape index (κ3) is 4.29. The van der Waals surface area contributed by atoms with E-state index in [0.29, 0.717) is 0 Å². The molecule has 0 amide bonds. The lowest BCUT2D eigenvalue weighted by atomic mass is 10.2.